The minimum atomic E-state index is 0.261. The summed E-state index contributed by atoms with van der Waals surface area (Å²) in [6, 6.07) is 1.84. The zero-order chi connectivity index (χ0) is 8.72. The van der Waals surface area contributed by atoms with Gasteiger partial charge in [-0.15, -0.1) is 5.10 Å². The van der Waals surface area contributed by atoms with Crippen molar-refractivity contribution in [3.8, 4) is 0 Å². The molecule has 5 heteroatoms. The highest BCUT2D eigenvalue weighted by molar-refractivity contribution is 6.31. The molecule has 0 aromatic carbocycles. The van der Waals surface area contributed by atoms with Crippen molar-refractivity contribution in [1.82, 2.24) is 14.6 Å². The van der Waals surface area contributed by atoms with Gasteiger partial charge in [-0.05, 0) is 18.6 Å². The third kappa shape index (κ3) is 1.00. The zero-order valence-electron chi connectivity index (χ0n) is 6.45. The molecule has 0 spiro atoms. The number of nitrogen functional groups attached to an aromatic ring is 1. The molecule has 2 N–H and O–H groups in total. The van der Waals surface area contributed by atoms with E-state index in [1.54, 1.807) is 10.7 Å². The van der Waals surface area contributed by atoms with E-state index in [-0.39, 0.29) is 5.95 Å². The summed E-state index contributed by atoms with van der Waals surface area (Å²) in [7, 11) is 0. The fraction of sp³-hybridized carbons (Fsp3) is 0.143. The van der Waals surface area contributed by atoms with Crippen LogP contribution in [0.2, 0.25) is 5.02 Å². The number of hydrogen-bond donors (Lipinski definition) is 1. The third-order valence-electron chi connectivity index (χ3n) is 1.63. The van der Waals surface area contributed by atoms with Crippen LogP contribution in [0.1, 0.15) is 5.56 Å². The number of pyridine rings is 1. The van der Waals surface area contributed by atoms with E-state index in [0.29, 0.717) is 5.02 Å². The van der Waals surface area contributed by atoms with Gasteiger partial charge in [0.1, 0.15) is 0 Å². The predicted octanol–water partition coefficient (Wildman–Crippen LogP) is 1.27. The highest BCUT2D eigenvalue weighted by Gasteiger charge is 2.02. The van der Waals surface area contributed by atoms with E-state index < -0.39 is 0 Å². The van der Waals surface area contributed by atoms with Crippen LogP contribution in [0.3, 0.4) is 0 Å². The van der Waals surface area contributed by atoms with Crippen LogP contribution < -0.4 is 5.73 Å². The van der Waals surface area contributed by atoms with E-state index in [9.17, 15) is 0 Å². The second-order valence-electron chi connectivity index (χ2n) is 2.58. The van der Waals surface area contributed by atoms with Gasteiger partial charge in [0.25, 0.3) is 0 Å². The lowest BCUT2D eigenvalue weighted by atomic mass is 10.3. The number of rotatable bonds is 0. The van der Waals surface area contributed by atoms with Crippen LogP contribution in [0.25, 0.3) is 5.65 Å². The first kappa shape index (κ1) is 7.36. The van der Waals surface area contributed by atoms with E-state index >= 15 is 0 Å². The standard InChI is InChI=1S/C7H7ClN4/c1-4-2-6-10-7(9)11-12(6)3-5(4)8/h2-3H,1H3,(H2,9,11). The Labute approximate surface area is 74.0 Å². The number of halogens is 1. The molecule has 0 aliphatic carbocycles. The molecule has 0 amide bonds. The average Bonchev–Trinajstić information content (AvgIpc) is 2.30. The third-order valence-corrected chi connectivity index (χ3v) is 2.03. The summed E-state index contributed by atoms with van der Waals surface area (Å²) in [6.45, 7) is 1.91. The van der Waals surface area contributed by atoms with Crippen LogP contribution in [0.4, 0.5) is 5.95 Å². The Morgan fingerprint density at radius 3 is 3.08 bits per heavy atom. The number of aromatic nitrogens is 3. The van der Waals surface area contributed by atoms with Gasteiger partial charge < -0.3 is 5.73 Å². The van der Waals surface area contributed by atoms with E-state index in [1.165, 1.54) is 0 Å². The molecule has 0 atom stereocenters. The maximum Gasteiger partial charge on any atom is 0.240 e. The monoisotopic (exact) mass is 182 g/mol. The van der Waals surface area contributed by atoms with Crippen LogP contribution in [-0.2, 0) is 0 Å². The zero-order valence-corrected chi connectivity index (χ0v) is 7.21. The van der Waals surface area contributed by atoms with Gasteiger partial charge in [-0.2, -0.15) is 4.98 Å². The van der Waals surface area contributed by atoms with Crippen molar-refractivity contribution in [3.63, 3.8) is 0 Å². The fourth-order valence-corrected chi connectivity index (χ4v) is 1.16. The summed E-state index contributed by atoms with van der Waals surface area (Å²) in [6.07, 6.45) is 1.69. The molecular formula is C7H7ClN4. The van der Waals surface area contributed by atoms with Gasteiger partial charge in [0, 0.05) is 6.20 Å². The van der Waals surface area contributed by atoms with Gasteiger partial charge in [0.15, 0.2) is 5.65 Å². The quantitative estimate of drug-likeness (QED) is 0.668. The van der Waals surface area contributed by atoms with Gasteiger partial charge in [-0.3, -0.25) is 0 Å². The smallest absolute Gasteiger partial charge is 0.240 e. The Balaban J connectivity index is 2.83. The SMILES string of the molecule is Cc1cc2nc(N)nn2cc1Cl. The predicted molar refractivity (Wildman–Crippen MR) is 47.1 cm³/mol. The molecule has 0 unspecified atom stereocenters. The summed E-state index contributed by atoms with van der Waals surface area (Å²) in [5, 5.41) is 4.57. The normalized spacial score (nSPS) is 10.8. The van der Waals surface area contributed by atoms with Crippen LogP contribution in [0, 0.1) is 6.92 Å². The topological polar surface area (TPSA) is 56.2 Å². The second kappa shape index (κ2) is 2.35. The molecule has 2 heterocycles. The molecule has 0 fully saturated rings. The molecule has 0 bridgehead atoms. The first-order valence-corrected chi connectivity index (χ1v) is 3.82. The Kier molecular flexibility index (Phi) is 1.44. The number of nitrogens with two attached hydrogens (primary N) is 1. The van der Waals surface area contributed by atoms with Gasteiger partial charge in [-0.1, -0.05) is 11.6 Å². The number of anilines is 1. The number of hydrogen-bond acceptors (Lipinski definition) is 3. The minimum absolute atomic E-state index is 0.261. The molecule has 4 nitrogen and oxygen atoms in total. The van der Waals surface area contributed by atoms with E-state index in [1.807, 2.05) is 13.0 Å². The Morgan fingerprint density at radius 1 is 1.58 bits per heavy atom. The number of fused-ring (bicyclic) bond motifs is 1. The van der Waals surface area contributed by atoms with Crippen LogP contribution in [-0.4, -0.2) is 14.6 Å². The fourth-order valence-electron chi connectivity index (χ4n) is 1.02. The van der Waals surface area contributed by atoms with Crippen molar-refractivity contribution in [2.45, 2.75) is 6.92 Å². The minimum Gasteiger partial charge on any atom is -0.366 e. The van der Waals surface area contributed by atoms with Crippen molar-refractivity contribution in [2.75, 3.05) is 5.73 Å². The lowest BCUT2D eigenvalue weighted by Gasteiger charge is -1.96. The Morgan fingerprint density at radius 2 is 2.33 bits per heavy atom. The van der Waals surface area contributed by atoms with Crippen molar-refractivity contribution in [3.05, 3.63) is 22.8 Å². The Bertz CT molecular complexity index is 395. The number of aryl methyl sites for hydroxylation is 1. The molecule has 0 aliphatic heterocycles. The van der Waals surface area contributed by atoms with Crippen molar-refractivity contribution < 1.29 is 0 Å². The summed E-state index contributed by atoms with van der Waals surface area (Å²) < 4.78 is 1.56. The molecule has 12 heavy (non-hydrogen) atoms. The summed E-state index contributed by atoms with van der Waals surface area (Å²) >= 11 is 5.87. The molecule has 2 aromatic heterocycles. The van der Waals surface area contributed by atoms with Gasteiger partial charge >= 0.3 is 0 Å². The first-order chi connectivity index (χ1) is 5.66. The maximum atomic E-state index is 5.87. The number of nitrogens with zero attached hydrogens (tertiary/aromatic N) is 3. The Hall–Kier alpha value is -1.29. The molecule has 0 saturated heterocycles. The first-order valence-electron chi connectivity index (χ1n) is 3.45. The van der Waals surface area contributed by atoms with Crippen molar-refractivity contribution >= 4 is 23.2 Å². The maximum absolute atomic E-state index is 5.87. The van der Waals surface area contributed by atoms with Crippen LogP contribution in [0.5, 0.6) is 0 Å². The van der Waals surface area contributed by atoms with E-state index in [4.69, 9.17) is 17.3 Å². The van der Waals surface area contributed by atoms with Crippen molar-refractivity contribution in [1.29, 1.82) is 0 Å². The van der Waals surface area contributed by atoms with E-state index in [0.717, 1.165) is 11.2 Å². The van der Waals surface area contributed by atoms with Gasteiger partial charge in [-0.25, -0.2) is 4.52 Å². The molecule has 0 radical (unpaired) electrons. The highest BCUT2D eigenvalue weighted by Crippen LogP contribution is 2.16. The molecular weight excluding hydrogens is 176 g/mol. The lowest BCUT2D eigenvalue weighted by molar-refractivity contribution is 0.964. The molecule has 2 aromatic rings. The molecule has 0 saturated carbocycles. The van der Waals surface area contributed by atoms with Crippen molar-refractivity contribution in [2.24, 2.45) is 0 Å². The molecule has 2 rings (SSSR count). The molecule has 0 aliphatic rings. The average molecular weight is 183 g/mol. The highest BCUT2D eigenvalue weighted by atomic mass is 35.5. The van der Waals surface area contributed by atoms with E-state index in [2.05, 4.69) is 10.1 Å². The lowest BCUT2D eigenvalue weighted by Crippen LogP contribution is -1.89. The van der Waals surface area contributed by atoms with Gasteiger partial charge in [0.05, 0.1) is 5.02 Å². The largest absolute Gasteiger partial charge is 0.366 e. The van der Waals surface area contributed by atoms with Crippen LogP contribution in [0.15, 0.2) is 12.3 Å². The summed E-state index contributed by atoms with van der Waals surface area (Å²) in [4.78, 5) is 3.99. The molecule has 62 valence electrons. The summed E-state index contributed by atoms with van der Waals surface area (Å²) in [5.41, 5.74) is 7.09. The second-order valence-corrected chi connectivity index (χ2v) is 2.98. The van der Waals surface area contributed by atoms with Gasteiger partial charge in [0.2, 0.25) is 5.95 Å². The summed E-state index contributed by atoms with van der Waals surface area (Å²) in [5.74, 6) is 0.261. The van der Waals surface area contributed by atoms with Crippen LogP contribution >= 0.6 is 11.6 Å².